The van der Waals surface area contributed by atoms with Crippen molar-refractivity contribution in [3.63, 3.8) is 0 Å². The van der Waals surface area contributed by atoms with Crippen LogP contribution < -0.4 is 10.1 Å². The van der Waals surface area contributed by atoms with Gasteiger partial charge in [-0.05, 0) is 37.8 Å². The van der Waals surface area contributed by atoms with Gasteiger partial charge in [0.15, 0.2) is 0 Å². The van der Waals surface area contributed by atoms with Crippen molar-refractivity contribution >= 4 is 0 Å². The van der Waals surface area contributed by atoms with Crippen LogP contribution >= 0.6 is 0 Å². The molecule has 0 saturated heterocycles. The summed E-state index contributed by atoms with van der Waals surface area (Å²) in [7, 11) is 0. The topological polar surface area (TPSA) is 41.5 Å². The zero-order valence-corrected chi connectivity index (χ0v) is 11.6. The number of nitrogens with one attached hydrogen (secondary N) is 1. The van der Waals surface area contributed by atoms with E-state index in [4.69, 9.17) is 4.74 Å². The Morgan fingerprint density at radius 1 is 1.26 bits per heavy atom. The molecule has 0 amide bonds. The minimum Gasteiger partial charge on any atom is -0.508 e. The van der Waals surface area contributed by atoms with Gasteiger partial charge in [0.05, 0.1) is 6.04 Å². The zero-order chi connectivity index (χ0) is 13.2. The van der Waals surface area contributed by atoms with Crippen LogP contribution in [0.25, 0.3) is 0 Å². The molecule has 1 aromatic rings. The van der Waals surface area contributed by atoms with E-state index in [9.17, 15) is 5.11 Å². The number of rotatable bonds is 3. The fourth-order valence-corrected chi connectivity index (χ4v) is 3.42. The van der Waals surface area contributed by atoms with Gasteiger partial charge in [-0.25, -0.2) is 0 Å². The monoisotopic (exact) mass is 261 g/mol. The van der Waals surface area contributed by atoms with Gasteiger partial charge in [-0.2, -0.15) is 0 Å². The van der Waals surface area contributed by atoms with Crippen LogP contribution in [0.3, 0.4) is 0 Å². The molecule has 0 spiro atoms. The van der Waals surface area contributed by atoms with Gasteiger partial charge in [-0.15, -0.1) is 0 Å². The fraction of sp³-hybridized carbons (Fsp3) is 0.625. The van der Waals surface area contributed by atoms with Crippen LogP contribution in [-0.2, 0) is 0 Å². The van der Waals surface area contributed by atoms with E-state index < -0.39 is 0 Å². The molecule has 1 heterocycles. The maximum Gasteiger partial charge on any atom is 0.127 e. The molecule has 1 unspecified atom stereocenters. The summed E-state index contributed by atoms with van der Waals surface area (Å²) in [6.45, 7) is 2.98. The molecule has 19 heavy (non-hydrogen) atoms. The number of ether oxygens (including phenoxy) is 1. The van der Waals surface area contributed by atoms with Crippen molar-refractivity contribution in [2.24, 2.45) is 5.92 Å². The Labute approximate surface area is 115 Å². The number of aromatic hydroxyl groups is 1. The van der Waals surface area contributed by atoms with E-state index in [2.05, 4.69) is 12.2 Å². The molecule has 3 heteroatoms. The van der Waals surface area contributed by atoms with Crippen LogP contribution in [0, 0.1) is 5.92 Å². The number of phenols is 1. The van der Waals surface area contributed by atoms with Gasteiger partial charge >= 0.3 is 0 Å². The Balaban J connectivity index is 1.65. The van der Waals surface area contributed by atoms with E-state index in [1.165, 1.54) is 37.7 Å². The summed E-state index contributed by atoms with van der Waals surface area (Å²) >= 11 is 0. The normalized spacial score (nSPS) is 24.8. The van der Waals surface area contributed by atoms with E-state index in [0.717, 1.165) is 11.7 Å². The predicted octanol–water partition coefficient (Wildman–Crippen LogP) is 3.38. The SMILES string of the molecule is C[C@@H](NC1COc2cc(O)ccc21)C1CCCCC1. The van der Waals surface area contributed by atoms with Crippen molar-refractivity contribution in [3.05, 3.63) is 23.8 Å². The molecule has 104 valence electrons. The average Bonchev–Trinajstić information content (AvgIpc) is 2.82. The van der Waals surface area contributed by atoms with Gasteiger partial charge < -0.3 is 15.2 Å². The molecule has 2 N–H and O–H groups in total. The van der Waals surface area contributed by atoms with Crippen LogP contribution in [0.4, 0.5) is 0 Å². The second-order valence-corrected chi connectivity index (χ2v) is 5.94. The quantitative estimate of drug-likeness (QED) is 0.876. The van der Waals surface area contributed by atoms with Crippen LogP contribution in [0.2, 0.25) is 0 Å². The molecule has 1 aromatic carbocycles. The molecule has 2 atom stereocenters. The van der Waals surface area contributed by atoms with Crippen molar-refractivity contribution in [2.45, 2.75) is 51.1 Å². The maximum absolute atomic E-state index is 9.47. The Kier molecular flexibility index (Phi) is 3.65. The predicted molar refractivity (Wildman–Crippen MR) is 75.5 cm³/mol. The average molecular weight is 261 g/mol. The summed E-state index contributed by atoms with van der Waals surface area (Å²) in [6, 6.07) is 6.24. The number of phenolic OH excluding ortho intramolecular Hbond substituents is 1. The van der Waals surface area contributed by atoms with Gasteiger partial charge in [0.2, 0.25) is 0 Å². The smallest absolute Gasteiger partial charge is 0.127 e. The zero-order valence-electron chi connectivity index (χ0n) is 11.6. The molecule has 3 rings (SSSR count). The Morgan fingerprint density at radius 2 is 2.05 bits per heavy atom. The third-order valence-electron chi connectivity index (χ3n) is 4.60. The summed E-state index contributed by atoms with van der Waals surface area (Å²) < 4.78 is 5.66. The first kappa shape index (κ1) is 12.8. The molecule has 1 aliphatic carbocycles. The van der Waals surface area contributed by atoms with Crippen molar-refractivity contribution in [1.82, 2.24) is 5.32 Å². The third-order valence-corrected chi connectivity index (χ3v) is 4.60. The van der Waals surface area contributed by atoms with E-state index in [1.54, 1.807) is 12.1 Å². The molecule has 1 aliphatic heterocycles. The first-order valence-electron chi connectivity index (χ1n) is 7.46. The van der Waals surface area contributed by atoms with Gasteiger partial charge in [-0.3, -0.25) is 0 Å². The summed E-state index contributed by atoms with van der Waals surface area (Å²) in [5.74, 6) is 1.91. The molecule has 2 aliphatic rings. The number of benzene rings is 1. The first-order chi connectivity index (χ1) is 9.24. The molecular formula is C16H23NO2. The van der Waals surface area contributed by atoms with Crippen molar-refractivity contribution in [3.8, 4) is 11.5 Å². The summed E-state index contributed by atoms with van der Waals surface area (Å²) in [5.41, 5.74) is 1.18. The molecule has 1 saturated carbocycles. The lowest BCUT2D eigenvalue weighted by molar-refractivity contribution is 0.241. The van der Waals surface area contributed by atoms with Crippen molar-refractivity contribution < 1.29 is 9.84 Å². The Hall–Kier alpha value is -1.22. The highest BCUT2D eigenvalue weighted by Gasteiger charge is 2.28. The molecule has 0 aromatic heterocycles. The molecule has 1 fully saturated rings. The minimum absolute atomic E-state index is 0.271. The second-order valence-electron chi connectivity index (χ2n) is 5.94. The number of hydrogen-bond donors (Lipinski definition) is 2. The van der Waals surface area contributed by atoms with Crippen LogP contribution in [0.15, 0.2) is 18.2 Å². The third kappa shape index (κ3) is 2.71. The maximum atomic E-state index is 9.47. The van der Waals surface area contributed by atoms with Crippen LogP contribution in [0.5, 0.6) is 11.5 Å². The molecular weight excluding hydrogens is 238 g/mol. The Morgan fingerprint density at radius 3 is 2.84 bits per heavy atom. The Bertz CT molecular complexity index is 440. The second kappa shape index (κ2) is 5.41. The number of fused-ring (bicyclic) bond motifs is 1. The first-order valence-corrected chi connectivity index (χ1v) is 7.46. The minimum atomic E-state index is 0.271. The fourth-order valence-electron chi connectivity index (χ4n) is 3.42. The standard InChI is InChI=1S/C16H23NO2/c1-11(12-5-3-2-4-6-12)17-15-10-19-16-9-13(18)7-8-14(15)16/h7-9,11-12,15,17-18H,2-6,10H2,1H3/t11-,15?/m1/s1. The largest absolute Gasteiger partial charge is 0.508 e. The van der Waals surface area contributed by atoms with Crippen molar-refractivity contribution in [1.29, 1.82) is 0 Å². The molecule has 3 nitrogen and oxygen atoms in total. The summed E-state index contributed by atoms with van der Waals surface area (Å²) in [5, 5.41) is 13.2. The van der Waals surface area contributed by atoms with E-state index in [0.29, 0.717) is 12.6 Å². The number of hydrogen-bond acceptors (Lipinski definition) is 3. The van der Waals surface area contributed by atoms with Crippen molar-refractivity contribution in [2.75, 3.05) is 6.61 Å². The highest BCUT2D eigenvalue weighted by Crippen LogP contribution is 2.36. The van der Waals surface area contributed by atoms with Gasteiger partial charge in [-0.1, -0.05) is 19.3 Å². The molecule has 0 radical (unpaired) electrons. The van der Waals surface area contributed by atoms with Gasteiger partial charge in [0.25, 0.3) is 0 Å². The van der Waals surface area contributed by atoms with E-state index >= 15 is 0 Å². The van der Waals surface area contributed by atoms with E-state index in [-0.39, 0.29) is 11.8 Å². The van der Waals surface area contributed by atoms with Gasteiger partial charge in [0.1, 0.15) is 18.1 Å². The van der Waals surface area contributed by atoms with Crippen LogP contribution in [-0.4, -0.2) is 17.8 Å². The van der Waals surface area contributed by atoms with Crippen LogP contribution in [0.1, 0.15) is 50.6 Å². The highest BCUT2D eigenvalue weighted by molar-refractivity contribution is 5.44. The lowest BCUT2D eigenvalue weighted by atomic mass is 9.84. The van der Waals surface area contributed by atoms with Gasteiger partial charge in [0, 0.05) is 17.7 Å². The lowest BCUT2D eigenvalue weighted by Gasteiger charge is -2.30. The lowest BCUT2D eigenvalue weighted by Crippen LogP contribution is -2.37. The van der Waals surface area contributed by atoms with E-state index in [1.807, 2.05) is 6.07 Å². The summed E-state index contributed by atoms with van der Waals surface area (Å²) in [4.78, 5) is 0. The highest BCUT2D eigenvalue weighted by atomic mass is 16.5. The molecule has 0 bridgehead atoms. The summed E-state index contributed by atoms with van der Waals surface area (Å²) in [6.07, 6.45) is 6.86.